The van der Waals surface area contributed by atoms with Crippen LogP contribution in [-0.2, 0) is 6.54 Å². The van der Waals surface area contributed by atoms with Crippen molar-refractivity contribution in [3.63, 3.8) is 0 Å². The average Bonchev–Trinajstić information content (AvgIpc) is 2.38. The second-order valence-electron chi connectivity index (χ2n) is 3.29. The number of aromatic nitrogens is 3. The number of nitrogens with zero attached hydrogens (tertiary/aromatic N) is 3. The van der Waals surface area contributed by atoms with Gasteiger partial charge in [-0.1, -0.05) is 17.7 Å². The number of anilines is 1. The summed E-state index contributed by atoms with van der Waals surface area (Å²) < 4.78 is 5.00. The second-order valence-corrected chi connectivity index (χ2v) is 3.68. The van der Waals surface area contributed by atoms with Gasteiger partial charge in [0.1, 0.15) is 17.3 Å². The Hall–Kier alpha value is -1.88. The van der Waals surface area contributed by atoms with Gasteiger partial charge in [-0.2, -0.15) is 0 Å². The number of hydrogen-bond donors (Lipinski definition) is 1. The van der Waals surface area contributed by atoms with E-state index in [2.05, 4.69) is 20.3 Å². The number of pyridine rings is 1. The molecule has 2 rings (SSSR count). The third-order valence-corrected chi connectivity index (χ3v) is 2.34. The molecular formula is C11H11ClN4O. The molecule has 0 atom stereocenters. The summed E-state index contributed by atoms with van der Waals surface area (Å²) in [6.07, 6.45) is 3.16. The van der Waals surface area contributed by atoms with Crippen LogP contribution in [0.4, 0.5) is 5.82 Å². The normalized spacial score (nSPS) is 10.0. The molecule has 0 aromatic carbocycles. The van der Waals surface area contributed by atoms with Gasteiger partial charge in [-0.25, -0.2) is 15.0 Å². The number of rotatable bonds is 4. The Balaban J connectivity index is 1.99. The first kappa shape index (κ1) is 11.6. The molecule has 0 aliphatic rings. The van der Waals surface area contributed by atoms with Crippen molar-refractivity contribution in [2.24, 2.45) is 0 Å². The van der Waals surface area contributed by atoms with Gasteiger partial charge in [0.15, 0.2) is 0 Å². The Bertz CT molecular complexity index is 489. The SMILES string of the molecule is COc1cc(NCc2ccc(Cl)nc2)ncn1. The van der Waals surface area contributed by atoms with Crippen LogP contribution in [0.3, 0.4) is 0 Å². The maximum atomic E-state index is 5.70. The molecule has 0 unspecified atom stereocenters. The van der Waals surface area contributed by atoms with Crippen molar-refractivity contribution in [3.8, 4) is 5.88 Å². The smallest absolute Gasteiger partial charge is 0.218 e. The van der Waals surface area contributed by atoms with Crippen molar-refractivity contribution in [2.45, 2.75) is 6.54 Å². The van der Waals surface area contributed by atoms with Crippen molar-refractivity contribution in [1.29, 1.82) is 0 Å². The van der Waals surface area contributed by atoms with Crippen LogP contribution in [0.25, 0.3) is 0 Å². The molecule has 5 nitrogen and oxygen atoms in total. The molecule has 2 heterocycles. The van der Waals surface area contributed by atoms with E-state index in [9.17, 15) is 0 Å². The number of hydrogen-bond acceptors (Lipinski definition) is 5. The predicted octanol–water partition coefficient (Wildman–Crippen LogP) is 2.15. The molecule has 2 aromatic rings. The molecule has 88 valence electrons. The summed E-state index contributed by atoms with van der Waals surface area (Å²) in [5, 5.41) is 3.62. The summed E-state index contributed by atoms with van der Waals surface area (Å²) in [5.74, 6) is 1.23. The highest BCUT2D eigenvalue weighted by atomic mass is 35.5. The van der Waals surface area contributed by atoms with Gasteiger partial charge in [0, 0.05) is 18.8 Å². The molecule has 2 aromatic heterocycles. The fourth-order valence-corrected chi connectivity index (χ4v) is 1.36. The van der Waals surface area contributed by atoms with Crippen molar-refractivity contribution < 1.29 is 4.74 Å². The zero-order valence-corrected chi connectivity index (χ0v) is 9.98. The highest BCUT2D eigenvalue weighted by molar-refractivity contribution is 6.29. The molecule has 0 spiro atoms. The monoisotopic (exact) mass is 250 g/mol. The lowest BCUT2D eigenvalue weighted by atomic mass is 10.3. The molecule has 0 fully saturated rings. The van der Waals surface area contributed by atoms with Gasteiger partial charge in [0.25, 0.3) is 0 Å². The van der Waals surface area contributed by atoms with E-state index in [-0.39, 0.29) is 0 Å². The highest BCUT2D eigenvalue weighted by Gasteiger charge is 1.99. The van der Waals surface area contributed by atoms with Crippen molar-refractivity contribution in [1.82, 2.24) is 15.0 Å². The fourth-order valence-electron chi connectivity index (χ4n) is 1.25. The number of ether oxygens (including phenoxy) is 1. The van der Waals surface area contributed by atoms with Gasteiger partial charge in [-0.15, -0.1) is 0 Å². The van der Waals surface area contributed by atoms with Crippen LogP contribution in [0.5, 0.6) is 5.88 Å². The largest absolute Gasteiger partial charge is 0.481 e. The van der Waals surface area contributed by atoms with Crippen LogP contribution in [0.15, 0.2) is 30.7 Å². The minimum Gasteiger partial charge on any atom is -0.481 e. The second kappa shape index (κ2) is 5.45. The minimum absolute atomic E-state index is 0.484. The quantitative estimate of drug-likeness (QED) is 0.843. The van der Waals surface area contributed by atoms with Crippen LogP contribution < -0.4 is 10.1 Å². The zero-order valence-electron chi connectivity index (χ0n) is 9.22. The number of nitrogens with one attached hydrogen (secondary N) is 1. The summed E-state index contributed by atoms with van der Waals surface area (Å²) in [7, 11) is 1.56. The Morgan fingerprint density at radius 1 is 1.29 bits per heavy atom. The molecule has 0 saturated carbocycles. The lowest BCUT2D eigenvalue weighted by Gasteiger charge is -2.06. The van der Waals surface area contributed by atoms with E-state index < -0.39 is 0 Å². The molecule has 0 radical (unpaired) electrons. The van der Waals surface area contributed by atoms with Gasteiger partial charge >= 0.3 is 0 Å². The third-order valence-electron chi connectivity index (χ3n) is 2.11. The lowest BCUT2D eigenvalue weighted by molar-refractivity contribution is 0.397. The predicted molar refractivity (Wildman–Crippen MR) is 65.2 cm³/mol. The lowest BCUT2D eigenvalue weighted by Crippen LogP contribution is -2.02. The maximum Gasteiger partial charge on any atom is 0.218 e. The first-order chi connectivity index (χ1) is 8.28. The van der Waals surface area contributed by atoms with Crippen molar-refractivity contribution >= 4 is 17.4 Å². The van der Waals surface area contributed by atoms with Gasteiger partial charge < -0.3 is 10.1 Å². The Labute approximate surface area is 104 Å². The summed E-state index contributed by atoms with van der Waals surface area (Å²) >= 11 is 5.70. The molecule has 1 N–H and O–H groups in total. The highest BCUT2D eigenvalue weighted by Crippen LogP contribution is 2.12. The first-order valence-corrected chi connectivity index (χ1v) is 5.36. The van der Waals surface area contributed by atoms with Crippen LogP contribution in [0, 0.1) is 0 Å². The maximum absolute atomic E-state index is 5.70. The summed E-state index contributed by atoms with van der Waals surface area (Å²) in [6, 6.07) is 5.38. The van der Waals surface area contributed by atoms with Crippen LogP contribution in [0.1, 0.15) is 5.56 Å². The zero-order chi connectivity index (χ0) is 12.1. The Morgan fingerprint density at radius 3 is 2.88 bits per heavy atom. The number of halogens is 1. The van der Waals surface area contributed by atoms with Crippen molar-refractivity contribution in [2.75, 3.05) is 12.4 Å². The van der Waals surface area contributed by atoms with E-state index in [1.54, 1.807) is 25.4 Å². The van der Waals surface area contributed by atoms with Crippen molar-refractivity contribution in [3.05, 3.63) is 41.4 Å². The van der Waals surface area contributed by atoms with Gasteiger partial charge in [-0.3, -0.25) is 0 Å². The Kier molecular flexibility index (Phi) is 3.72. The van der Waals surface area contributed by atoms with Crippen LogP contribution in [-0.4, -0.2) is 22.1 Å². The summed E-state index contributed by atoms with van der Waals surface area (Å²) in [5.41, 5.74) is 1.02. The molecule has 0 aliphatic heterocycles. The van der Waals surface area contributed by atoms with Gasteiger partial charge in [0.05, 0.1) is 7.11 Å². The van der Waals surface area contributed by atoms with Crippen LogP contribution in [0.2, 0.25) is 5.15 Å². The molecule has 0 bridgehead atoms. The Morgan fingerprint density at radius 2 is 2.18 bits per heavy atom. The molecule has 17 heavy (non-hydrogen) atoms. The average molecular weight is 251 g/mol. The molecule has 0 saturated heterocycles. The molecule has 0 amide bonds. The standard InChI is InChI=1S/C11H11ClN4O/c1-17-11-4-10(15-7-16-11)14-6-8-2-3-9(12)13-5-8/h2-5,7H,6H2,1H3,(H,14,15,16). The summed E-state index contributed by atoms with van der Waals surface area (Å²) in [4.78, 5) is 12.0. The van der Waals surface area contributed by atoms with E-state index in [1.807, 2.05) is 6.07 Å². The van der Waals surface area contributed by atoms with E-state index in [4.69, 9.17) is 16.3 Å². The number of methoxy groups -OCH3 is 1. The molecule has 6 heteroatoms. The van der Waals surface area contributed by atoms with E-state index in [0.29, 0.717) is 23.4 Å². The van der Waals surface area contributed by atoms with E-state index >= 15 is 0 Å². The van der Waals surface area contributed by atoms with E-state index in [0.717, 1.165) is 5.56 Å². The third kappa shape index (κ3) is 3.29. The summed E-state index contributed by atoms with van der Waals surface area (Å²) in [6.45, 7) is 0.615. The van der Waals surface area contributed by atoms with Crippen LogP contribution >= 0.6 is 11.6 Å². The molecule has 0 aliphatic carbocycles. The van der Waals surface area contributed by atoms with E-state index in [1.165, 1.54) is 6.33 Å². The first-order valence-electron chi connectivity index (χ1n) is 4.98. The fraction of sp³-hybridized carbons (Fsp3) is 0.182. The van der Waals surface area contributed by atoms with Gasteiger partial charge in [0.2, 0.25) is 5.88 Å². The van der Waals surface area contributed by atoms with Gasteiger partial charge in [-0.05, 0) is 11.6 Å². The minimum atomic E-state index is 0.484. The molecular weight excluding hydrogens is 240 g/mol. The topological polar surface area (TPSA) is 59.9 Å².